The highest BCUT2D eigenvalue weighted by Gasteiger charge is 2.20. The molecule has 25 heavy (non-hydrogen) atoms. The molecule has 0 heterocycles. The summed E-state index contributed by atoms with van der Waals surface area (Å²) in [6, 6.07) is 15.1. The number of esters is 2. The highest BCUT2D eigenvalue weighted by atomic mass is 16.6. The SMILES string of the molecule is CC(N)=C(C(=O)OC(=O)c1cccc(N=CNN)c1)c1ccccc1. The molecular weight excluding hydrogens is 320 g/mol. The van der Waals surface area contributed by atoms with Gasteiger partial charge in [-0.3, -0.25) is 0 Å². The largest absolute Gasteiger partial charge is 0.402 e. The van der Waals surface area contributed by atoms with Crippen molar-refractivity contribution in [3.63, 3.8) is 0 Å². The van der Waals surface area contributed by atoms with Crippen LogP contribution < -0.4 is 17.0 Å². The van der Waals surface area contributed by atoms with Gasteiger partial charge in [0.15, 0.2) is 0 Å². The average Bonchev–Trinajstić information content (AvgIpc) is 2.61. The molecule has 2 rings (SSSR count). The Bertz CT molecular complexity index is 825. The minimum absolute atomic E-state index is 0.149. The van der Waals surface area contributed by atoms with Crippen LogP contribution in [-0.2, 0) is 9.53 Å². The highest BCUT2D eigenvalue weighted by molar-refractivity contribution is 6.20. The fourth-order valence-electron chi connectivity index (χ4n) is 2.13. The van der Waals surface area contributed by atoms with Crippen LogP contribution in [0.15, 0.2) is 65.3 Å². The molecule has 0 aliphatic rings. The van der Waals surface area contributed by atoms with Crippen molar-refractivity contribution in [2.24, 2.45) is 16.6 Å². The molecule has 0 saturated carbocycles. The number of hydrogen-bond donors (Lipinski definition) is 3. The van der Waals surface area contributed by atoms with Gasteiger partial charge < -0.3 is 15.9 Å². The monoisotopic (exact) mass is 338 g/mol. The first-order chi connectivity index (χ1) is 12.0. The summed E-state index contributed by atoms with van der Waals surface area (Å²) in [6.07, 6.45) is 1.27. The molecule has 7 heteroatoms. The second-order valence-corrected chi connectivity index (χ2v) is 5.08. The molecule has 5 N–H and O–H groups in total. The number of hydrogen-bond acceptors (Lipinski definition) is 6. The van der Waals surface area contributed by atoms with Crippen molar-refractivity contribution in [3.05, 3.63) is 71.4 Å². The zero-order valence-corrected chi connectivity index (χ0v) is 13.6. The van der Waals surface area contributed by atoms with E-state index in [1.165, 1.54) is 18.5 Å². The van der Waals surface area contributed by atoms with Crippen LogP contribution in [-0.4, -0.2) is 18.3 Å². The molecule has 0 unspecified atom stereocenters. The van der Waals surface area contributed by atoms with E-state index in [2.05, 4.69) is 10.4 Å². The third kappa shape index (κ3) is 4.76. The Morgan fingerprint density at radius 1 is 1.08 bits per heavy atom. The molecule has 2 aromatic rings. The standard InChI is InChI=1S/C18H18N4O3/c1-12(19)16(13-6-3-2-4-7-13)18(24)25-17(23)14-8-5-9-15(10-14)21-11-22-20/h2-11H,19-20H2,1H3,(H,21,22). The molecule has 128 valence electrons. The van der Waals surface area contributed by atoms with Gasteiger partial charge in [0.2, 0.25) is 0 Å². The summed E-state index contributed by atoms with van der Waals surface area (Å²) in [5.74, 6) is 3.50. The predicted molar refractivity (Wildman–Crippen MR) is 95.6 cm³/mol. The topological polar surface area (TPSA) is 120 Å². The molecular formula is C18H18N4O3. The summed E-state index contributed by atoms with van der Waals surface area (Å²) < 4.78 is 4.97. The fraction of sp³-hybridized carbons (Fsp3) is 0.0556. The van der Waals surface area contributed by atoms with E-state index in [4.69, 9.17) is 16.3 Å². The minimum Gasteiger partial charge on any atom is -0.402 e. The molecule has 0 bridgehead atoms. The summed E-state index contributed by atoms with van der Waals surface area (Å²) in [7, 11) is 0. The fourth-order valence-corrected chi connectivity index (χ4v) is 2.13. The smallest absolute Gasteiger partial charge is 0.348 e. The van der Waals surface area contributed by atoms with Crippen LogP contribution in [0, 0.1) is 0 Å². The Balaban J connectivity index is 2.21. The Morgan fingerprint density at radius 2 is 1.76 bits per heavy atom. The van der Waals surface area contributed by atoms with Crippen LogP contribution in [0.5, 0.6) is 0 Å². The number of ether oxygens (including phenoxy) is 1. The lowest BCUT2D eigenvalue weighted by Crippen LogP contribution is -2.18. The number of benzene rings is 2. The van der Waals surface area contributed by atoms with Crippen molar-refractivity contribution >= 4 is 29.5 Å². The Labute approximate surface area is 145 Å². The number of carbonyl (C=O) groups excluding carboxylic acids is 2. The van der Waals surface area contributed by atoms with Crippen molar-refractivity contribution in [3.8, 4) is 0 Å². The highest BCUT2D eigenvalue weighted by Crippen LogP contribution is 2.20. The lowest BCUT2D eigenvalue weighted by Gasteiger charge is -2.09. The third-order valence-electron chi connectivity index (χ3n) is 3.22. The van der Waals surface area contributed by atoms with Gasteiger partial charge in [-0.25, -0.2) is 20.4 Å². The van der Waals surface area contributed by atoms with E-state index >= 15 is 0 Å². The van der Waals surface area contributed by atoms with Crippen molar-refractivity contribution in [1.82, 2.24) is 5.43 Å². The summed E-state index contributed by atoms with van der Waals surface area (Å²) >= 11 is 0. The number of carbonyl (C=O) groups is 2. The van der Waals surface area contributed by atoms with Crippen LogP contribution in [0.25, 0.3) is 5.57 Å². The Morgan fingerprint density at radius 3 is 2.40 bits per heavy atom. The normalized spacial score (nSPS) is 11.8. The molecule has 2 aromatic carbocycles. The van der Waals surface area contributed by atoms with Crippen LogP contribution in [0.2, 0.25) is 0 Å². The van der Waals surface area contributed by atoms with E-state index in [0.717, 1.165) is 0 Å². The predicted octanol–water partition coefficient (Wildman–Crippen LogP) is 1.88. The number of nitrogens with two attached hydrogens (primary N) is 2. The summed E-state index contributed by atoms with van der Waals surface area (Å²) in [6.45, 7) is 1.57. The van der Waals surface area contributed by atoms with Gasteiger partial charge in [-0.2, -0.15) is 0 Å². The maximum Gasteiger partial charge on any atom is 0.348 e. The van der Waals surface area contributed by atoms with Crippen molar-refractivity contribution in [2.45, 2.75) is 6.92 Å². The van der Waals surface area contributed by atoms with Crippen molar-refractivity contribution in [2.75, 3.05) is 0 Å². The van der Waals surface area contributed by atoms with Crippen LogP contribution in [0.3, 0.4) is 0 Å². The molecule has 0 spiro atoms. The summed E-state index contributed by atoms with van der Waals surface area (Å²) in [5.41, 5.74) is 9.70. The van der Waals surface area contributed by atoms with Crippen LogP contribution in [0.4, 0.5) is 5.69 Å². The van der Waals surface area contributed by atoms with Gasteiger partial charge in [0.1, 0.15) is 6.34 Å². The molecule has 7 nitrogen and oxygen atoms in total. The quantitative estimate of drug-likeness (QED) is 0.146. The van der Waals surface area contributed by atoms with Gasteiger partial charge in [-0.05, 0) is 30.7 Å². The first-order valence-corrected chi connectivity index (χ1v) is 7.40. The molecule has 0 saturated heterocycles. The maximum atomic E-state index is 12.4. The van der Waals surface area contributed by atoms with Gasteiger partial charge in [-0.15, -0.1) is 0 Å². The molecule has 0 aliphatic heterocycles. The van der Waals surface area contributed by atoms with E-state index in [1.54, 1.807) is 43.3 Å². The third-order valence-corrected chi connectivity index (χ3v) is 3.22. The van der Waals surface area contributed by atoms with Crippen molar-refractivity contribution < 1.29 is 14.3 Å². The zero-order chi connectivity index (χ0) is 18.2. The van der Waals surface area contributed by atoms with E-state index in [1.807, 2.05) is 6.07 Å². The average molecular weight is 338 g/mol. The number of hydrazine groups is 1. The second-order valence-electron chi connectivity index (χ2n) is 5.08. The van der Waals surface area contributed by atoms with Gasteiger partial charge in [-0.1, -0.05) is 36.4 Å². The van der Waals surface area contributed by atoms with E-state index in [-0.39, 0.29) is 16.8 Å². The summed E-state index contributed by atoms with van der Waals surface area (Å²) in [4.78, 5) is 28.6. The first kappa shape index (κ1) is 17.9. The molecule has 0 radical (unpaired) electrons. The van der Waals surface area contributed by atoms with Crippen molar-refractivity contribution in [1.29, 1.82) is 0 Å². The van der Waals surface area contributed by atoms with Gasteiger partial charge >= 0.3 is 11.9 Å². The molecule has 0 aromatic heterocycles. The molecule has 0 amide bonds. The van der Waals surface area contributed by atoms with E-state index in [9.17, 15) is 9.59 Å². The summed E-state index contributed by atoms with van der Waals surface area (Å²) in [5, 5.41) is 0. The number of rotatable bonds is 5. The zero-order valence-electron chi connectivity index (χ0n) is 13.6. The lowest BCUT2D eigenvalue weighted by atomic mass is 10.0. The number of nitrogens with zero attached hydrogens (tertiary/aromatic N) is 1. The number of aliphatic imine (C=N–C) groups is 1. The molecule has 0 atom stereocenters. The van der Waals surface area contributed by atoms with Gasteiger partial charge in [0.25, 0.3) is 0 Å². The van der Waals surface area contributed by atoms with E-state index < -0.39 is 11.9 Å². The second kappa shape index (κ2) is 8.42. The number of allylic oxidation sites excluding steroid dienone is 1. The van der Waals surface area contributed by atoms with Gasteiger partial charge in [0, 0.05) is 5.70 Å². The molecule has 0 fully saturated rings. The van der Waals surface area contributed by atoms with Crippen LogP contribution in [0.1, 0.15) is 22.8 Å². The van der Waals surface area contributed by atoms with E-state index in [0.29, 0.717) is 11.3 Å². The lowest BCUT2D eigenvalue weighted by molar-refractivity contribution is -0.131. The van der Waals surface area contributed by atoms with Crippen LogP contribution >= 0.6 is 0 Å². The van der Waals surface area contributed by atoms with Gasteiger partial charge in [0.05, 0.1) is 16.8 Å². The maximum absolute atomic E-state index is 12.4. The minimum atomic E-state index is -0.811. The first-order valence-electron chi connectivity index (χ1n) is 7.40. The Hall–Kier alpha value is -3.45. The Kier molecular flexibility index (Phi) is 6.02. The molecule has 0 aliphatic carbocycles. The number of nitrogens with one attached hydrogen (secondary N) is 1.